The van der Waals surface area contributed by atoms with Crippen LogP contribution in [0.1, 0.15) is 23.7 Å². The summed E-state index contributed by atoms with van der Waals surface area (Å²) >= 11 is 0. The van der Waals surface area contributed by atoms with Crippen LogP contribution in [0.5, 0.6) is 0 Å². The molecular formula is C12H14FNO5S. The van der Waals surface area contributed by atoms with E-state index in [1.807, 2.05) is 0 Å². The van der Waals surface area contributed by atoms with Gasteiger partial charge < -0.3 is 10.2 Å². The molecule has 1 aliphatic heterocycles. The van der Waals surface area contributed by atoms with Crippen molar-refractivity contribution < 1.29 is 27.8 Å². The molecule has 1 aromatic rings. The number of carboxylic acid groups (broad SMARTS) is 1. The second-order valence-corrected chi connectivity index (χ2v) is 6.97. The minimum atomic E-state index is -3.94. The Hall–Kier alpha value is -1.51. The van der Waals surface area contributed by atoms with Gasteiger partial charge in [0.25, 0.3) is 0 Å². The first-order valence-corrected chi connectivity index (χ1v) is 7.33. The smallest absolute Gasteiger partial charge is 0.338 e. The molecule has 0 radical (unpaired) electrons. The van der Waals surface area contributed by atoms with Crippen molar-refractivity contribution in [3.63, 3.8) is 0 Å². The molecule has 1 unspecified atom stereocenters. The van der Waals surface area contributed by atoms with E-state index in [0.717, 1.165) is 22.5 Å². The number of carbonyl (C=O) groups is 1. The van der Waals surface area contributed by atoms with Crippen LogP contribution in [0, 0.1) is 5.82 Å². The maximum Gasteiger partial charge on any atom is 0.338 e. The number of carboxylic acids is 1. The third kappa shape index (κ3) is 2.67. The largest absolute Gasteiger partial charge is 0.478 e. The normalized spacial score (nSPS) is 23.9. The highest BCUT2D eigenvalue weighted by Gasteiger charge is 2.38. The molecular weight excluding hydrogens is 289 g/mol. The summed E-state index contributed by atoms with van der Waals surface area (Å²) in [4.78, 5) is 10.5. The summed E-state index contributed by atoms with van der Waals surface area (Å²) < 4.78 is 39.0. The van der Waals surface area contributed by atoms with Crippen LogP contribution in [-0.2, 0) is 10.0 Å². The standard InChI is InChI=1S/C12H14FNO5S/c1-12(17)4-5-14(7-12)20(18,19)8-2-3-10(13)9(6-8)11(15)16/h2-3,6,17H,4-5,7H2,1H3,(H,15,16). The van der Waals surface area contributed by atoms with Crippen LogP contribution in [0.15, 0.2) is 23.1 Å². The van der Waals surface area contributed by atoms with E-state index in [4.69, 9.17) is 5.11 Å². The first kappa shape index (κ1) is 14.9. The summed E-state index contributed by atoms with van der Waals surface area (Å²) in [7, 11) is -3.94. The van der Waals surface area contributed by atoms with Crippen LogP contribution < -0.4 is 0 Å². The summed E-state index contributed by atoms with van der Waals surface area (Å²) in [5.41, 5.74) is -1.81. The van der Waals surface area contributed by atoms with Gasteiger partial charge in [-0.25, -0.2) is 17.6 Å². The molecule has 1 atom stereocenters. The molecule has 0 aromatic heterocycles. The van der Waals surface area contributed by atoms with Crippen LogP contribution in [-0.4, -0.2) is 47.6 Å². The Morgan fingerprint density at radius 3 is 2.60 bits per heavy atom. The summed E-state index contributed by atoms with van der Waals surface area (Å²) in [6.07, 6.45) is 0.291. The fourth-order valence-electron chi connectivity index (χ4n) is 2.09. The fraction of sp³-hybridized carbons (Fsp3) is 0.417. The number of hydrogen-bond acceptors (Lipinski definition) is 4. The zero-order chi connectivity index (χ0) is 15.1. The number of nitrogens with zero attached hydrogens (tertiary/aromatic N) is 1. The lowest BCUT2D eigenvalue weighted by Crippen LogP contribution is -2.34. The third-order valence-corrected chi connectivity index (χ3v) is 5.06. The van der Waals surface area contributed by atoms with Crippen molar-refractivity contribution in [3.05, 3.63) is 29.6 Å². The van der Waals surface area contributed by atoms with Gasteiger partial charge in [-0.3, -0.25) is 0 Å². The molecule has 8 heteroatoms. The maximum absolute atomic E-state index is 13.3. The average molecular weight is 303 g/mol. The molecule has 20 heavy (non-hydrogen) atoms. The van der Waals surface area contributed by atoms with Crippen LogP contribution in [0.2, 0.25) is 0 Å². The summed E-state index contributed by atoms with van der Waals surface area (Å²) in [6, 6.07) is 2.62. The van der Waals surface area contributed by atoms with Crippen molar-refractivity contribution in [1.29, 1.82) is 0 Å². The molecule has 0 spiro atoms. The van der Waals surface area contributed by atoms with E-state index in [1.165, 1.54) is 6.92 Å². The summed E-state index contributed by atoms with van der Waals surface area (Å²) in [6.45, 7) is 1.58. The maximum atomic E-state index is 13.3. The van der Waals surface area contributed by atoms with E-state index in [9.17, 15) is 22.7 Å². The number of rotatable bonds is 3. The molecule has 1 heterocycles. The van der Waals surface area contributed by atoms with Gasteiger partial charge in [0, 0.05) is 13.1 Å². The Morgan fingerprint density at radius 2 is 2.10 bits per heavy atom. The Labute approximate surface area is 115 Å². The Bertz CT molecular complexity index is 656. The Kier molecular flexibility index (Phi) is 3.57. The van der Waals surface area contributed by atoms with Crippen molar-refractivity contribution >= 4 is 16.0 Å². The lowest BCUT2D eigenvalue weighted by molar-refractivity contribution is 0.0690. The molecule has 0 amide bonds. The van der Waals surface area contributed by atoms with Gasteiger partial charge in [-0.1, -0.05) is 0 Å². The number of halogens is 1. The Morgan fingerprint density at radius 1 is 1.45 bits per heavy atom. The number of benzene rings is 1. The van der Waals surface area contributed by atoms with E-state index < -0.39 is 33.0 Å². The lowest BCUT2D eigenvalue weighted by atomic mass is 10.1. The topological polar surface area (TPSA) is 94.9 Å². The van der Waals surface area contributed by atoms with Crippen molar-refractivity contribution in [1.82, 2.24) is 4.31 Å². The van der Waals surface area contributed by atoms with Crippen molar-refractivity contribution in [3.8, 4) is 0 Å². The van der Waals surface area contributed by atoms with E-state index in [0.29, 0.717) is 6.42 Å². The molecule has 1 aromatic carbocycles. The number of β-amino-alcohol motifs (C(OH)–C–C–N with tert-alkyl or cyclic N) is 1. The highest BCUT2D eigenvalue weighted by Crippen LogP contribution is 2.27. The zero-order valence-corrected chi connectivity index (χ0v) is 11.5. The molecule has 0 aliphatic carbocycles. The highest BCUT2D eigenvalue weighted by molar-refractivity contribution is 7.89. The van der Waals surface area contributed by atoms with Gasteiger partial charge in [0.1, 0.15) is 5.82 Å². The first-order chi connectivity index (χ1) is 9.13. The van der Waals surface area contributed by atoms with Gasteiger partial charge in [-0.05, 0) is 31.5 Å². The predicted molar refractivity (Wildman–Crippen MR) is 67.4 cm³/mol. The SMILES string of the molecule is CC1(O)CCN(S(=O)(=O)c2ccc(F)c(C(=O)O)c2)C1. The fourth-order valence-corrected chi connectivity index (χ4v) is 3.67. The van der Waals surface area contributed by atoms with E-state index in [2.05, 4.69) is 0 Å². The van der Waals surface area contributed by atoms with Gasteiger partial charge in [0.15, 0.2) is 0 Å². The van der Waals surface area contributed by atoms with E-state index >= 15 is 0 Å². The second kappa shape index (κ2) is 4.80. The molecule has 110 valence electrons. The molecule has 0 saturated carbocycles. The minimum Gasteiger partial charge on any atom is -0.478 e. The average Bonchev–Trinajstić information content (AvgIpc) is 2.70. The van der Waals surface area contributed by atoms with Crippen LogP contribution in [0.3, 0.4) is 0 Å². The van der Waals surface area contributed by atoms with Gasteiger partial charge >= 0.3 is 5.97 Å². The molecule has 2 rings (SSSR count). The molecule has 2 N–H and O–H groups in total. The molecule has 1 fully saturated rings. The summed E-state index contributed by atoms with van der Waals surface area (Å²) in [5.74, 6) is -2.53. The monoisotopic (exact) mass is 303 g/mol. The lowest BCUT2D eigenvalue weighted by Gasteiger charge is -2.19. The van der Waals surface area contributed by atoms with Gasteiger partial charge in [-0.2, -0.15) is 4.31 Å². The van der Waals surface area contributed by atoms with E-state index in [1.54, 1.807) is 0 Å². The van der Waals surface area contributed by atoms with Crippen molar-refractivity contribution in [2.75, 3.05) is 13.1 Å². The van der Waals surface area contributed by atoms with Crippen molar-refractivity contribution in [2.24, 2.45) is 0 Å². The molecule has 1 aliphatic rings. The van der Waals surface area contributed by atoms with Gasteiger partial charge in [0.05, 0.1) is 16.1 Å². The minimum absolute atomic E-state index is 0.0743. The van der Waals surface area contributed by atoms with Crippen LogP contribution >= 0.6 is 0 Å². The Balaban J connectivity index is 2.41. The van der Waals surface area contributed by atoms with Gasteiger partial charge in [-0.15, -0.1) is 0 Å². The number of sulfonamides is 1. The van der Waals surface area contributed by atoms with E-state index in [-0.39, 0.29) is 18.0 Å². The van der Waals surface area contributed by atoms with Gasteiger partial charge in [0.2, 0.25) is 10.0 Å². The molecule has 6 nitrogen and oxygen atoms in total. The third-order valence-electron chi connectivity index (χ3n) is 3.22. The summed E-state index contributed by atoms with van der Waals surface area (Å²) in [5, 5.41) is 18.6. The van der Waals surface area contributed by atoms with Crippen molar-refractivity contribution in [2.45, 2.75) is 23.8 Å². The predicted octanol–water partition coefficient (Wildman–Crippen LogP) is 0.669. The number of aromatic carboxylic acids is 1. The number of hydrogen-bond donors (Lipinski definition) is 2. The highest BCUT2D eigenvalue weighted by atomic mass is 32.2. The van der Waals surface area contributed by atoms with Crippen LogP contribution in [0.4, 0.5) is 4.39 Å². The first-order valence-electron chi connectivity index (χ1n) is 5.89. The quantitative estimate of drug-likeness (QED) is 0.856. The molecule has 0 bridgehead atoms. The van der Waals surface area contributed by atoms with Crippen LogP contribution in [0.25, 0.3) is 0 Å². The zero-order valence-electron chi connectivity index (χ0n) is 10.7. The number of aliphatic hydroxyl groups is 1. The molecule has 1 saturated heterocycles. The second-order valence-electron chi connectivity index (χ2n) is 5.03.